The van der Waals surface area contributed by atoms with E-state index in [0.29, 0.717) is 16.5 Å². The van der Waals surface area contributed by atoms with Crippen LogP contribution in [-0.4, -0.2) is 0 Å². The van der Waals surface area contributed by atoms with Crippen LogP contribution in [0, 0.1) is 12.7 Å². The number of hydrogen-bond acceptors (Lipinski definition) is 1. The molecule has 0 spiro atoms. The smallest absolute Gasteiger partial charge is 0.193 e. The lowest BCUT2D eigenvalue weighted by atomic mass is 10.1. The van der Waals surface area contributed by atoms with Crippen LogP contribution in [0.2, 0.25) is 5.22 Å². The number of furan rings is 1. The summed E-state index contributed by atoms with van der Waals surface area (Å²) in [6, 6.07) is 8.43. The summed E-state index contributed by atoms with van der Waals surface area (Å²) in [6.45, 7) is 1.73. The van der Waals surface area contributed by atoms with Crippen molar-refractivity contribution in [2.75, 3.05) is 0 Å². The van der Waals surface area contributed by atoms with Crippen LogP contribution in [0.1, 0.15) is 21.7 Å². The van der Waals surface area contributed by atoms with Crippen LogP contribution in [-0.2, 0) is 0 Å². The second kappa shape index (κ2) is 4.60. The average molecular weight is 304 g/mol. The summed E-state index contributed by atoms with van der Waals surface area (Å²) < 4.78 is 18.4. The summed E-state index contributed by atoms with van der Waals surface area (Å²) in [4.78, 5) is -0.112. The van der Waals surface area contributed by atoms with Crippen LogP contribution in [0.3, 0.4) is 0 Å². The van der Waals surface area contributed by atoms with Crippen molar-refractivity contribution in [1.29, 1.82) is 0 Å². The number of alkyl halides is 1. The van der Waals surface area contributed by atoms with Crippen molar-refractivity contribution < 1.29 is 8.81 Å². The highest BCUT2D eigenvalue weighted by molar-refractivity contribution is 9.09. The van der Waals surface area contributed by atoms with Gasteiger partial charge in [0, 0.05) is 0 Å². The molecular formula is C12H9BrClFO. The van der Waals surface area contributed by atoms with Gasteiger partial charge in [0.25, 0.3) is 0 Å². The average Bonchev–Trinajstić information content (AvgIpc) is 2.68. The molecule has 84 valence electrons. The van der Waals surface area contributed by atoms with Crippen LogP contribution < -0.4 is 0 Å². The van der Waals surface area contributed by atoms with E-state index >= 15 is 0 Å². The topological polar surface area (TPSA) is 13.1 Å². The molecule has 1 aromatic carbocycles. The zero-order valence-corrected chi connectivity index (χ0v) is 10.8. The van der Waals surface area contributed by atoms with E-state index in [2.05, 4.69) is 15.9 Å². The van der Waals surface area contributed by atoms with Gasteiger partial charge in [-0.3, -0.25) is 0 Å². The summed E-state index contributed by atoms with van der Waals surface area (Å²) in [7, 11) is 0. The molecule has 0 amide bonds. The van der Waals surface area contributed by atoms with Crippen molar-refractivity contribution in [2.45, 2.75) is 11.8 Å². The van der Waals surface area contributed by atoms with Gasteiger partial charge in [-0.1, -0.05) is 28.1 Å². The van der Waals surface area contributed by atoms with E-state index in [0.717, 1.165) is 5.56 Å². The van der Waals surface area contributed by atoms with Crippen LogP contribution in [0.5, 0.6) is 0 Å². The molecule has 2 aromatic rings. The zero-order chi connectivity index (χ0) is 11.7. The molecule has 1 nitrogen and oxygen atoms in total. The zero-order valence-electron chi connectivity index (χ0n) is 8.51. The van der Waals surface area contributed by atoms with Gasteiger partial charge in [-0.05, 0) is 47.9 Å². The second-order valence-corrected chi connectivity index (χ2v) is 4.80. The maximum absolute atomic E-state index is 13.1. The van der Waals surface area contributed by atoms with E-state index in [9.17, 15) is 4.39 Å². The van der Waals surface area contributed by atoms with Crippen LogP contribution in [0.4, 0.5) is 4.39 Å². The molecule has 1 atom stereocenters. The Morgan fingerprint density at radius 1 is 1.31 bits per heavy atom. The van der Waals surface area contributed by atoms with Crippen molar-refractivity contribution in [3.63, 3.8) is 0 Å². The number of hydrogen-bond donors (Lipinski definition) is 0. The Bertz CT molecular complexity index is 509. The molecule has 0 N–H and O–H groups in total. The fourth-order valence-electron chi connectivity index (χ4n) is 1.45. The fourth-order valence-corrected chi connectivity index (χ4v) is 2.14. The first-order chi connectivity index (χ1) is 7.58. The number of halogens is 3. The third-order valence-corrected chi connectivity index (χ3v) is 3.50. The Morgan fingerprint density at radius 2 is 2.06 bits per heavy atom. The summed E-state index contributed by atoms with van der Waals surface area (Å²) in [6.07, 6.45) is 0. The van der Waals surface area contributed by atoms with Gasteiger partial charge in [0.15, 0.2) is 5.22 Å². The summed E-state index contributed by atoms with van der Waals surface area (Å²) >= 11 is 9.19. The van der Waals surface area contributed by atoms with Gasteiger partial charge < -0.3 is 4.42 Å². The summed E-state index contributed by atoms with van der Waals surface area (Å²) in [5, 5.41) is 0.346. The molecule has 1 aromatic heterocycles. The Morgan fingerprint density at radius 3 is 2.62 bits per heavy atom. The van der Waals surface area contributed by atoms with Crippen molar-refractivity contribution >= 4 is 27.5 Å². The monoisotopic (exact) mass is 302 g/mol. The SMILES string of the molecule is Cc1cc(C(Br)c2ccc(Cl)o2)ccc1F. The van der Waals surface area contributed by atoms with Gasteiger partial charge in [0.05, 0.1) is 4.83 Å². The molecule has 2 rings (SSSR count). The van der Waals surface area contributed by atoms with Crippen molar-refractivity contribution in [3.05, 3.63) is 58.3 Å². The van der Waals surface area contributed by atoms with E-state index in [1.54, 1.807) is 31.2 Å². The van der Waals surface area contributed by atoms with Gasteiger partial charge in [0.2, 0.25) is 0 Å². The van der Waals surface area contributed by atoms with E-state index in [1.807, 2.05) is 0 Å². The molecule has 0 saturated carbocycles. The maximum atomic E-state index is 13.1. The minimum Gasteiger partial charge on any atom is -0.448 e. The Hall–Kier alpha value is -0.800. The highest BCUT2D eigenvalue weighted by Gasteiger charge is 2.15. The fraction of sp³-hybridized carbons (Fsp3) is 0.167. The first-order valence-electron chi connectivity index (χ1n) is 4.73. The molecule has 0 aliphatic rings. The maximum Gasteiger partial charge on any atom is 0.193 e. The quantitative estimate of drug-likeness (QED) is 0.722. The van der Waals surface area contributed by atoms with E-state index < -0.39 is 0 Å². The van der Waals surface area contributed by atoms with Crippen LogP contribution in [0.15, 0.2) is 34.7 Å². The predicted octanol–water partition coefficient (Wildman–Crippen LogP) is 4.86. The second-order valence-electron chi connectivity index (χ2n) is 3.51. The third kappa shape index (κ3) is 2.30. The minimum atomic E-state index is -0.207. The molecule has 0 fully saturated rings. The molecule has 0 saturated heterocycles. The summed E-state index contributed by atoms with van der Waals surface area (Å²) in [5.74, 6) is 0.497. The standard InChI is InChI=1S/C12H9BrClFO/c1-7-6-8(2-3-9(7)15)12(13)10-4-5-11(14)16-10/h2-6,12H,1H3. The first kappa shape index (κ1) is 11.7. The lowest BCUT2D eigenvalue weighted by Crippen LogP contribution is -1.93. The van der Waals surface area contributed by atoms with Crippen molar-refractivity contribution in [2.24, 2.45) is 0 Å². The Balaban J connectivity index is 2.33. The largest absolute Gasteiger partial charge is 0.448 e. The van der Waals surface area contributed by atoms with Crippen molar-refractivity contribution in [1.82, 2.24) is 0 Å². The molecule has 1 heterocycles. The van der Waals surface area contributed by atoms with E-state index in [-0.39, 0.29) is 10.6 Å². The highest BCUT2D eigenvalue weighted by atomic mass is 79.9. The summed E-state index contributed by atoms with van der Waals surface area (Å²) in [5.41, 5.74) is 1.55. The number of rotatable bonds is 2. The Labute approximate surface area is 106 Å². The normalized spacial score (nSPS) is 12.8. The molecule has 0 radical (unpaired) electrons. The van der Waals surface area contributed by atoms with E-state index in [4.69, 9.17) is 16.0 Å². The van der Waals surface area contributed by atoms with Gasteiger partial charge >= 0.3 is 0 Å². The van der Waals surface area contributed by atoms with Gasteiger partial charge in [-0.15, -0.1) is 0 Å². The van der Waals surface area contributed by atoms with Crippen LogP contribution in [0.25, 0.3) is 0 Å². The van der Waals surface area contributed by atoms with Gasteiger partial charge in [-0.2, -0.15) is 0 Å². The number of aryl methyl sites for hydroxylation is 1. The minimum absolute atomic E-state index is 0.112. The molecule has 16 heavy (non-hydrogen) atoms. The number of benzene rings is 1. The third-order valence-electron chi connectivity index (χ3n) is 2.32. The van der Waals surface area contributed by atoms with Gasteiger partial charge in [0.1, 0.15) is 11.6 Å². The molecule has 0 aliphatic heterocycles. The van der Waals surface area contributed by atoms with Gasteiger partial charge in [-0.25, -0.2) is 4.39 Å². The molecule has 1 unspecified atom stereocenters. The molecule has 4 heteroatoms. The lowest BCUT2D eigenvalue weighted by molar-refractivity contribution is 0.521. The molecule has 0 aliphatic carbocycles. The molecule has 0 bridgehead atoms. The van der Waals surface area contributed by atoms with Crippen LogP contribution >= 0.6 is 27.5 Å². The Kier molecular flexibility index (Phi) is 3.36. The lowest BCUT2D eigenvalue weighted by Gasteiger charge is -2.08. The van der Waals surface area contributed by atoms with E-state index in [1.165, 1.54) is 6.07 Å². The highest BCUT2D eigenvalue weighted by Crippen LogP contribution is 2.33. The predicted molar refractivity (Wildman–Crippen MR) is 65.6 cm³/mol. The molecular weight excluding hydrogens is 294 g/mol. The first-order valence-corrected chi connectivity index (χ1v) is 6.02. The van der Waals surface area contributed by atoms with Crippen molar-refractivity contribution in [3.8, 4) is 0 Å².